The Morgan fingerprint density at radius 3 is 2.92 bits per heavy atom. The van der Waals surface area contributed by atoms with E-state index in [1.807, 2.05) is 0 Å². The molecule has 0 bridgehead atoms. The summed E-state index contributed by atoms with van der Waals surface area (Å²) in [6.07, 6.45) is 0. The second-order valence-corrected chi connectivity index (χ2v) is 3.98. The van der Waals surface area contributed by atoms with Crippen molar-refractivity contribution in [2.24, 2.45) is 0 Å². The van der Waals surface area contributed by atoms with Gasteiger partial charge in [-0.3, -0.25) is 4.79 Å². The predicted octanol–water partition coefficient (Wildman–Crippen LogP) is 0.977. The molecule has 0 aromatic rings. The Hall–Kier alpha value is -0.490. The highest BCUT2D eigenvalue weighted by Crippen LogP contribution is 2.26. The number of hydrogen-bond donors (Lipinski definition) is 1. The topological polar surface area (TPSA) is 55.4 Å². The molecule has 4 nitrogen and oxygen atoms in total. The minimum Gasteiger partial charge on any atom is -0.462 e. The first-order chi connectivity index (χ1) is 6.15. The molecule has 0 aromatic carbocycles. The van der Waals surface area contributed by atoms with Crippen LogP contribution in [0.5, 0.6) is 0 Å². The van der Waals surface area contributed by atoms with Gasteiger partial charge in [-0.15, -0.1) is 0 Å². The molecule has 1 N–H and O–H groups in total. The average molecular weight is 266 g/mol. The second-order valence-electron chi connectivity index (χ2n) is 2.20. The summed E-state index contributed by atoms with van der Waals surface area (Å²) >= 11 is 4.35. The Bertz CT molecular complexity index is 277. The van der Waals surface area contributed by atoms with E-state index in [2.05, 4.69) is 21.2 Å². The van der Waals surface area contributed by atoms with Crippen molar-refractivity contribution in [3.05, 3.63) is 9.51 Å². The van der Waals surface area contributed by atoms with Crippen LogP contribution in [-0.4, -0.2) is 24.2 Å². The Balaban J connectivity index is 2.68. The van der Waals surface area contributed by atoms with Crippen LogP contribution in [0.4, 0.5) is 0 Å². The fraction of sp³-hybridized carbons (Fsp3) is 0.429. The number of amides is 1. The van der Waals surface area contributed by atoms with E-state index in [0.29, 0.717) is 17.4 Å². The Labute approximate surface area is 88.2 Å². The number of ether oxygens (including phenoxy) is 1. The quantitative estimate of drug-likeness (QED) is 0.598. The van der Waals surface area contributed by atoms with Crippen molar-refractivity contribution >= 4 is 39.6 Å². The predicted molar refractivity (Wildman–Crippen MR) is 53.2 cm³/mol. The van der Waals surface area contributed by atoms with Crippen LogP contribution in [0.1, 0.15) is 6.92 Å². The maximum Gasteiger partial charge on any atom is 0.347 e. The second kappa shape index (κ2) is 4.66. The van der Waals surface area contributed by atoms with E-state index >= 15 is 0 Å². The molecule has 1 fully saturated rings. The standard InChI is InChI=1S/C7H8BrNO3S/c1-2-12-7(11)5(8)6-9-4(10)3-13-6/h2-3H2,1H3,(H,9,10)/b6-5-. The van der Waals surface area contributed by atoms with Gasteiger partial charge in [0, 0.05) is 0 Å². The maximum atomic E-state index is 11.1. The van der Waals surface area contributed by atoms with Crippen LogP contribution in [0, 0.1) is 0 Å². The summed E-state index contributed by atoms with van der Waals surface area (Å²) in [6.45, 7) is 2.04. The lowest BCUT2D eigenvalue weighted by Crippen LogP contribution is -2.16. The summed E-state index contributed by atoms with van der Waals surface area (Å²) in [6, 6.07) is 0. The molecule has 13 heavy (non-hydrogen) atoms. The smallest absolute Gasteiger partial charge is 0.347 e. The molecule has 1 saturated heterocycles. The zero-order chi connectivity index (χ0) is 9.84. The third-order valence-electron chi connectivity index (χ3n) is 1.25. The number of hydrogen-bond acceptors (Lipinski definition) is 4. The van der Waals surface area contributed by atoms with Gasteiger partial charge in [-0.1, -0.05) is 11.8 Å². The molecule has 72 valence electrons. The van der Waals surface area contributed by atoms with Gasteiger partial charge >= 0.3 is 5.97 Å². The monoisotopic (exact) mass is 265 g/mol. The largest absolute Gasteiger partial charge is 0.462 e. The van der Waals surface area contributed by atoms with Crippen LogP contribution in [0.15, 0.2) is 9.51 Å². The van der Waals surface area contributed by atoms with E-state index in [0.717, 1.165) is 0 Å². The van der Waals surface area contributed by atoms with Gasteiger partial charge in [0.25, 0.3) is 0 Å². The number of carbonyl (C=O) groups is 2. The number of nitrogens with one attached hydrogen (secondary N) is 1. The summed E-state index contributed by atoms with van der Waals surface area (Å²) in [4.78, 5) is 21.9. The summed E-state index contributed by atoms with van der Waals surface area (Å²) < 4.78 is 5.03. The summed E-state index contributed by atoms with van der Waals surface area (Å²) in [5.74, 6) is -0.197. The normalized spacial score (nSPS) is 19.7. The van der Waals surface area contributed by atoms with Crippen molar-refractivity contribution in [2.75, 3.05) is 12.4 Å². The molecule has 0 unspecified atom stereocenters. The molecule has 1 aliphatic rings. The molecule has 0 atom stereocenters. The lowest BCUT2D eigenvalue weighted by molar-refractivity contribution is -0.137. The van der Waals surface area contributed by atoms with E-state index in [1.54, 1.807) is 6.92 Å². The zero-order valence-corrected chi connectivity index (χ0v) is 9.33. The van der Waals surface area contributed by atoms with Crippen molar-refractivity contribution in [2.45, 2.75) is 6.92 Å². The highest BCUT2D eigenvalue weighted by Gasteiger charge is 2.22. The Kier molecular flexibility index (Phi) is 3.80. The summed E-state index contributed by atoms with van der Waals surface area (Å²) in [5, 5.41) is 3.08. The van der Waals surface area contributed by atoms with Gasteiger partial charge in [0.1, 0.15) is 4.48 Å². The lowest BCUT2D eigenvalue weighted by atomic mass is 10.6. The molecular weight excluding hydrogens is 258 g/mol. The number of esters is 1. The fourth-order valence-corrected chi connectivity index (χ4v) is 2.04. The zero-order valence-electron chi connectivity index (χ0n) is 6.93. The maximum absolute atomic E-state index is 11.1. The third-order valence-corrected chi connectivity index (χ3v) is 3.24. The van der Waals surface area contributed by atoms with E-state index in [1.165, 1.54) is 11.8 Å². The average Bonchev–Trinajstić information content (AvgIpc) is 2.51. The molecule has 1 heterocycles. The molecule has 0 spiro atoms. The minimum atomic E-state index is -0.452. The molecule has 1 amide bonds. The lowest BCUT2D eigenvalue weighted by Gasteiger charge is -2.02. The van der Waals surface area contributed by atoms with Gasteiger partial charge in [0.05, 0.1) is 17.4 Å². The molecule has 0 radical (unpaired) electrons. The van der Waals surface area contributed by atoms with Crippen LogP contribution in [0.25, 0.3) is 0 Å². The van der Waals surface area contributed by atoms with Crippen LogP contribution in [0.2, 0.25) is 0 Å². The van der Waals surface area contributed by atoms with Gasteiger partial charge in [0.15, 0.2) is 0 Å². The van der Waals surface area contributed by atoms with E-state index in [9.17, 15) is 9.59 Å². The van der Waals surface area contributed by atoms with Gasteiger partial charge in [0.2, 0.25) is 5.91 Å². The number of rotatable bonds is 2. The Morgan fingerprint density at radius 1 is 1.77 bits per heavy atom. The molecular formula is C7H8BrNO3S. The first kappa shape index (κ1) is 10.6. The van der Waals surface area contributed by atoms with Crippen LogP contribution in [0.3, 0.4) is 0 Å². The summed E-state index contributed by atoms with van der Waals surface area (Å²) in [5.41, 5.74) is 0. The van der Waals surface area contributed by atoms with Crippen molar-refractivity contribution in [1.82, 2.24) is 5.32 Å². The van der Waals surface area contributed by atoms with Crippen molar-refractivity contribution in [3.63, 3.8) is 0 Å². The van der Waals surface area contributed by atoms with Crippen LogP contribution >= 0.6 is 27.7 Å². The van der Waals surface area contributed by atoms with E-state index in [4.69, 9.17) is 4.74 Å². The first-order valence-corrected chi connectivity index (χ1v) is 5.42. The van der Waals surface area contributed by atoms with Crippen LogP contribution in [-0.2, 0) is 14.3 Å². The van der Waals surface area contributed by atoms with Gasteiger partial charge in [-0.25, -0.2) is 4.79 Å². The first-order valence-electron chi connectivity index (χ1n) is 3.64. The highest BCUT2D eigenvalue weighted by molar-refractivity contribution is 9.12. The third kappa shape index (κ3) is 2.73. The minimum absolute atomic E-state index is 0.0961. The number of halogens is 1. The van der Waals surface area contributed by atoms with Gasteiger partial charge in [-0.2, -0.15) is 0 Å². The van der Waals surface area contributed by atoms with Crippen molar-refractivity contribution in [3.8, 4) is 0 Å². The highest BCUT2D eigenvalue weighted by atomic mass is 79.9. The van der Waals surface area contributed by atoms with Crippen molar-refractivity contribution in [1.29, 1.82) is 0 Å². The fourth-order valence-electron chi connectivity index (χ4n) is 0.742. The SMILES string of the molecule is CCOC(=O)/C(Br)=C1\NC(=O)CS1. The van der Waals surface area contributed by atoms with E-state index in [-0.39, 0.29) is 10.4 Å². The van der Waals surface area contributed by atoms with Crippen LogP contribution < -0.4 is 5.32 Å². The molecule has 0 aliphatic carbocycles. The molecule has 1 rings (SSSR count). The molecule has 6 heteroatoms. The van der Waals surface area contributed by atoms with Gasteiger partial charge < -0.3 is 10.1 Å². The molecule has 0 aromatic heterocycles. The van der Waals surface area contributed by atoms with Gasteiger partial charge in [-0.05, 0) is 22.9 Å². The molecule has 1 aliphatic heterocycles. The number of carbonyl (C=O) groups excluding carboxylic acids is 2. The van der Waals surface area contributed by atoms with Crippen molar-refractivity contribution < 1.29 is 14.3 Å². The van der Waals surface area contributed by atoms with E-state index < -0.39 is 5.97 Å². The number of thioether (sulfide) groups is 1. The Morgan fingerprint density at radius 2 is 2.46 bits per heavy atom. The molecule has 0 saturated carbocycles. The summed E-state index contributed by atoms with van der Waals surface area (Å²) in [7, 11) is 0.